The Morgan fingerprint density at radius 2 is 1.12 bits per heavy atom. The first-order chi connectivity index (χ1) is 20.3. The van der Waals surface area contributed by atoms with Crippen molar-refractivity contribution in [1.29, 1.82) is 0 Å². The molecule has 0 saturated heterocycles. The summed E-state index contributed by atoms with van der Waals surface area (Å²) >= 11 is 0. The zero-order valence-corrected chi connectivity index (χ0v) is 24.2. The van der Waals surface area contributed by atoms with Crippen LogP contribution in [0.1, 0.15) is 37.8 Å². The smallest absolute Gasteiger partial charge is 0.334 e. The molecule has 0 unspecified atom stereocenters. The lowest BCUT2D eigenvalue weighted by Gasteiger charge is -2.21. The van der Waals surface area contributed by atoms with E-state index in [1.807, 2.05) is 88.4 Å². The van der Waals surface area contributed by atoms with Crippen molar-refractivity contribution in [3.8, 4) is 0 Å². The number of amides is 2. The Kier molecular flexibility index (Phi) is 7.01. The van der Waals surface area contributed by atoms with Crippen molar-refractivity contribution in [2.45, 2.75) is 65.7 Å². The van der Waals surface area contributed by atoms with Crippen molar-refractivity contribution in [3.05, 3.63) is 92.8 Å². The van der Waals surface area contributed by atoms with Crippen LogP contribution >= 0.6 is 0 Å². The first-order valence-electron chi connectivity index (χ1n) is 14.3. The third-order valence-electron chi connectivity index (χ3n) is 7.93. The number of rotatable bonds is 8. The number of pyridine rings is 2. The summed E-state index contributed by atoms with van der Waals surface area (Å²) < 4.78 is 6.09. The second-order valence-electron chi connectivity index (χ2n) is 10.8. The topological polar surface area (TPSA) is 120 Å². The zero-order chi connectivity index (χ0) is 29.5. The molecule has 0 spiro atoms. The molecular weight excluding hydrogens is 532 g/mol. The van der Waals surface area contributed by atoms with Crippen LogP contribution in [0.3, 0.4) is 0 Å². The van der Waals surface area contributed by atoms with Crippen LogP contribution in [-0.2, 0) is 13.1 Å². The molecule has 0 saturated carbocycles. The van der Waals surface area contributed by atoms with E-state index < -0.39 is 0 Å². The van der Waals surface area contributed by atoms with Crippen LogP contribution in [0.25, 0.3) is 33.1 Å². The third-order valence-corrected chi connectivity index (χ3v) is 7.93. The summed E-state index contributed by atoms with van der Waals surface area (Å²) in [6, 6.07) is 18.4. The lowest BCUT2D eigenvalue weighted by molar-refractivity contribution is 0.227. The molecule has 4 aromatic heterocycles. The van der Waals surface area contributed by atoms with Crippen molar-refractivity contribution in [3.63, 3.8) is 0 Å². The highest BCUT2D eigenvalue weighted by atomic mass is 16.2. The highest BCUT2D eigenvalue weighted by Crippen LogP contribution is 2.19. The van der Waals surface area contributed by atoms with Gasteiger partial charge in [0, 0.05) is 0 Å². The molecule has 0 radical (unpaired) electrons. The van der Waals surface area contributed by atoms with Crippen molar-refractivity contribution in [2.75, 3.05) is 0 Å². The molecule has 6 aromatic rings. The summed E-state index contributed by atoms with van der Waals surface area (Å²) in [7, 11) is 0. The number of nitrogens with zero attached hydrogens (tertiary/aromatic N) is 6. The molecule has 0 aliphatic heterocycles. The van der Waals surface area contributed by atoms with E-state index in [1.165, 1.54) is 9.36 Å². The normalized spacial score (nSPS) is 13.2. The Balaban J connectivity index is 1.19. The van der Waals surface area contributed by atoms with E-state index in [9.17, 15) is 14.4 Å². The molecule has 2 atom stereocenters. The Morgan fingerprint density at radius 3 is 1.52 bits per heavy atom. The first kappa shape index (κ1) is 27.3. The van der Waals surface area contributed by atoms with E-state index in [2.05, 4.69) is 20.8 Å². The fourth-order valence-electron chi connectivity index (χ4n) is 5.60. The van der Waals surface area contributed by atoms with Gasteiger partial charge in [0.15, 0.2) is 11.3 Å². The Hall–Kier alpha value is -4.93. The summed E-state index contributed by atoms with van der Waals surface area (Å²) in [6.45, 7) is 8.23. The summed E-state index contributed by atoms with van der Waals surface area (Å²) in [6.07, 6.45) is 1.20. The van der Waals surface area contributed by atoms with Crippen LogP contribution in [0, 0.1) is 13.8 Å². The molecular formula is C31H34N8O3. The molecule has 0 bridgehead atoms. The molecule has 216 valence electrons. The van der Waals surface area contributed by atoms with Gasteiger partial charge in [0.25, 0.3) is 0 Å². The second-order valence-corrected chi connectivity index (χ2v) is 10.8. The standard InChI is InChI=1S/C31H34N8O3/c1-5-23(17-36-30(41)38-25-13-9-7-11-21(25)15-19(3)27(38)34-36)32-29(40)33-24(6-2)18-37-31(42)39-26-14-10-8-12-22(26)16-20(4)28(39)35-37/h7-16,23-24H,5-6,17-18H2,1-4H3,(H2,32,33,40)/t23-,24+. The number of para-hydroxylation sites is 2. The number of aryl methyl sites for hydroxylation is 2. The van der Waals surface area contributed by atoms with E-state index in [4.69, 9.17) is 0 Å². The Labute approximate surface area is 241 Å². The third kappa shape index (κ3) is 4.70. The van der Waals surface area contributed by atoms with Crippen molar-refractivity contribution < 1.29 is 4.79 Å². The number of fused-ring (bicyclic) bond motifs is 6. The van der Waals surface area contributed by atoms with Gasteiger partial charge in [-0.3, -0.25) is 0 Å². The molecule has 11 heteroatoms. The summed E-state index contributed by atoms with van der Waals surface area (Å²) in [5.74, 6) is 0. The number of carbonyl (C=O) groups is 1. The van der Waals surface area contributed by atoms with Crippen LogP contribution in [0.5, 0.6) is 0 Å². The van der Waals surface area contributed by atoms with Gasteiger partial charge >= 0.3 is 17.4 Å². The van der Waals surface area contributed by atoms with Gasteiger partial charge in [-0.15, -0.1) is 10.2 Å². The van der Waals surface area contributed by atoms with E-state index in [0.29, 0.717) is 24.1 Å². The predicted molar refractivity (Wildman–Crippen MR) is 163 cm³/mol. The largest absolute Gasteiger partial charge is 0.350 e. The van der Waals surface area contributed by atoms with Crippen LogP contribution in [0.2, 0.25) is 0 Å². The molecule has 6 rings (SSSR count). The van der Waals surface area contributed by atoms with Crippen LogP contribution < -0.4 is 22.0 Å². The maximum absolute atomic E-state index is 13.4. The monoisotopic (exact) mass is 566 g/mol. The lowest BCUT2D eigenvalue weighted by atomic mass is 10.1. The number of carbonyl (C=O) groups excluding carboxylic acids is 1. The van der Waals surface area contributed by atoms with Gasteiger partial charge < -0.3 is 10.6 Å². The second kappa shape index (κ2) is 10.8. The van der Waals surface area contributed by atoms with Crippen molar-refractivity contribution in [2.24, 2.45) is 0 Å². The fourth-order valence-corrected chi connectivity index (χ4v) is 5.60. The van der Waals surface area contributed by atoms with Crippen LogP contribution in [-0.4, -0.2) is 46.5 Å². The van der Waals surface area contributed by atoms with Gasteiger partial charge in [0.1, 0.15) is 0 Å². The average Bonchev–Trinajstić information content (AvgIpc) is 3.49. The van der Waals surface area contributed by atoms with Gasteiger partial charge in [-0.1, -0.05) is 50.2 Å². The van der Waals surface area contributed by atoms with Crippen LogP contribution in [0.15, 0.2) is 70.3 Å². The summed E-state index contributed by atoms with van der Waals surface area (Å²) in [5.41, 5.74) is 4.11. The Bertz CT molecular complexity index is 1940. The van der Waals surface area contributed by atoms with E-state index in [1.54, 1.807) is 8.80 Å². The molecule has 4 heterocycles. The average molecular weight is 567 g/mol. The predicted octanol–water partition coefficient (Wildman–Crippen LogP) is 3.79. The fraction of sp³-hybridized carbons (Fsp3) is 0.323. The number of urea groups is 1. The van der Waals surface area contributed by atoms with Gasteiger partial charge in [-0.2, -0.15) is 0 Å². The maximum atomic E-state index is 13.4. The summed E-state index contributed by atoms with van der Waals surface area (Å²) in [4.78, 5) is 39.8. The first-order valence-corrected chi connectivity index (χ1v) is 14.3. The quantitative estimate of drug-likeness (QED) is 0.291. The minimum atomic E-state index is -0.370. The highest BCUT2D eigenvalue weighted by molar-refractivity contribution is 5.84. The zero-order valence-electron chi connectivity index (χ0n) is 24.2. The van der Waals surface area contributed by atoms with Gasteiger partial charge in [0.05, 0.1) is 36.2 Å². The maximum Gasteiger partial charge on any atom is 0.350 e. The summed E-state index contributed by atoms with van der Waals surface area (Å²) in [5, 5.41) is 17.1. The molecule has 0 aliphatic carbocycles. The van der Waals surface area contributed by atoms with Gasteiger partial charge in [0.2, 0.25) is 0 Å². The molecule has 0 aliphatic rings. The van der Waals surface area contributed by atoms with E-state index in [-0.39, 0.29) is 42.6 Å². The minimum absolute atomic E-state index is 0.229. The van der Waals surface area contributed by atoms with Gasteiger partial charge in [-0.25, -0.2) is 32.5 Å². The lowest BCUT2D eigenvalue weighted by Crippen LogP contribution is -2.49. The number of hydrogen-bond donors (Lipinski definition) is 2. The van der Waals surface area contributed by atoms with Crippen molar-refractivity contribution in [1.82, 2.24) is 39.0 Å². The minimum Gasteiger partial charge on any atom is -0.334 e. The van der Waals surface area contributed by atoms with E-state index in [0.717, 1.165) is 32.9 Å². The molecule has 42 heavy (non-hydrogen) atoms. The molecule has 11 nitrogen and oxygen atoms in total. The highest BCUT2D eigenvalue weighted by Gasteiger charge is 2.20. The number of benzene rings is 2. The molecule has 2 amide bonds. The molecule has 0 fully saturated rings. The number of aromatic nitrogens is 6. The Morgan fingerprint density at radius 1 is 0.714 bits per heavy atom. The molecule has 2 aromatic carbocycles. The van der Waals surface area contributed by atoms with E-state index >= 15 is 0 Å². The van der Waals surface area contributed by atoms with Crippen molar-refractivity contribution >= 4 is 39.1 Å². The number of nitrogens with one attached hydrogen (secondary N) is 2. The van der Waals surface area contributed by atoms with Crippen LogP contribution in [0.4, 0.5) is 4.79 Å². The molecule has 2 N–H and O–H groups in total. The van der Waals surface area contributed by atoms with Gasteiger partial charge in [-0.05, 0) is 72.9 Å². The SMILES string of the molecule is CC[C@H](Cn1nc2c(C)cc3ccccc3n2c1=O)NC(=O)N[C@@H](CC)Cn1nc2c(C)cc3ccccc3n2c1=O. The number of hydrogen-bond acceptors (Lipinski definition) is 5.